The van der Waals surface area contributed by atoms with Crippen molar-refractivity contribution < 1.29 is 4.79 Å². The van der Waals surface area contributed by atoms with Crippen molar-refractivity contribution in [3.05, 3.63) is 0 Å². The third-order valence-electron chi connectivity index (χ3n) is 1.75. The minimum absolute atomic E-state index is 0.711. The van der Waals surface area contributed by atoms with Gasteiger partial charge in [-0.2, -0.15) is 5.10 Å². The Hall–Kier alpha value is 0.01000. The quantitative estimate of drug-likeness (QED) is 0.558. The Morgan fingerprint density at radius 1 is 1.31 bits per heavy atom. The number of nitrogens with one attached hydrogen (secondary N) is 1. The average Bonchev–Trinajstić information content (AvgIpc) is 2.50. The van der Waals surface area contributed by atoms with Crippen LogP contribution in [0.1, 0.15) is 25.7 Å². The summed E-state index contributed by atoms with van der Waals surface area (Å²) in [5, 5.41) is 3.85. The molecule has 0 radical (unpaired) electrons. The Balaban J connectivity index is 2.41. The van der Waals surface area contributed by atoms with Crippen molar-refractivity contribution in [2.45, 2.75) is 29.5 Å². The van der Waals surface area contributed by atoms with E-state index in [4.69, 9.17) is 34.8 Å². The molecular formula is C7H9Cl3N2O. The number of nitrogens with zero attached hydrogens (tertiary/aromatic N) is 1. The molecule has 1 aliphatic rings. The van der Waals surface area contributed by atoms with Crippen LogP contribution < -0.4 is 5.43 Å². The van der Waals surface area contributed by atoms with Gasteiger partial charge in [0.05, 0.1) is 0 Å². The predicted molar refractivity (Wildman–Crippen MR) is 54.3 cm³/mol. The number of hydrogen-bond acceptors (Lipinski definition) is 2. The van der Waals surface area contributed by atoms with Crippen LogP contribution in [0.2, 0.25) is 0 Å². The van der Waals surface area contributed by atoms with Crippen molar-refractivity contribution >= 4 is 46.4 Å². The first kappa shape index (κ1) is 11.1. The Kier molecular flexibility index (Phi) is 3.83. The van der Waals surface area contributed by atoms with E-state index in [2.05, 4.69) is 10.5 Å². The lowest BCUT2D eigenvalue weighted by Crippen LogP contribution is -2.31. The van der Waals surface area contributed by atoms with E-state index in [-0.39, 0.29) is 0 Å². The fourth-order valence-electron chi connectivity index (χ4n) is 1.09. The lowest BCUT2D eigenvalue weighted by atomic mass is 10.3. The first-order valence-corrected chi connectivity index (χ1v) is 5.06. The molecule has 74 valence electrons. The highest BCUT2D eigenvalue weighted by Crippen LogP contribution is 2.25. The molecule has 1 aliphatic carbocycles. The molecule has 0 atom stereocenters. The molecule has 0 aliphatic heterocycles. The average molecular weight is 244 g/mol. The van der Waals surface area contributed by atoms with E-state index in [9.17, 15) is 4.79 Å². The zero-order chi connectivity index (χ0) is 9.90. The zero-order valence-corrected chi connectivity index (χ0v) is 9.09. The SMILES string of the molecule is O=C(NN=C1CCCC1)C(Cl)(Cl)Cl. The maximum atomic E-state index is 11.0. The molecule has 0 unspecified atom stereocenters. The van der Waals surface area contributed by atoms with Crippen molar-refractivity contribution in [1.29, 1.82) is 0 Å². The van der Waals surface area contributed by atoms with E-state index in [0.29, 0.717) is 0 Å². The van der Waals surface area contributed by atoms with Gasteiger partial charge in [0.25, 0.3) is 9.70 Å². The van der Waals surface area contributed by atoms with Gasteiger partial charge in [-0.15, -0.1) is 0 Å². The third-order valence-corrected chi connectivity index (χ3v) is 2.27. The molecule has 0 aromatic rings. The van der Waals surface area contributed by atoms with E-state index >= 15 is 0 Å². The van der Waals surface area contributed by atoms with Crippen molar-refractivity contribution in [3.63, 3.8) is 0 Å². The summed E-state index contributed by atoms with van der Waals surface area (Å²) in [5.74, 6) is -0.711. The van der Waals surface area contributed by atoms with E-state index in [1.807, 2.05) is 0 Å². The van der Waals surface area contributed by atoms with Crippen LogP contribution in [-0.2, 0) is 4.79 Å². The number of hydrogen-bond donors (Lipinski definition) is 1. The molecular weight excluding hydrogens is 234 g/mol. The third kappa shape index (κ3) is 3.71. The smallest absolute Gasteiger partial charge is 0.268 e. The van der Waals surface area contributed by atoms with Crippen molar-refractivity contribution in [2.75, 3.05) is 0 Å². The monoisotopic (exact) mass is 242 g/mol. The summed E-state index contributed by atoms with van der Waals surface area (Å²) in [7, 11) is 0. The Morgan fingerprint density at radius 3 is 2.31 bits per heavy atom. The summed E-state index contributed by atoms with van der Waals surface area (Å²) in [5.41, 5.74) is 3.18. The number of amides is 1. The van der Waals surface area contributed by atoms with Gasteiger partial charge in [-0.05, 0) is 25.7 Å². The van der Waals surface area contributed by atoms with Crippen LogP contribution in [0.4, 0.5) is 0 Å². The number of alkyl halides is 3. The molecule has 6 heteroatoms. The van der Waals surface area contributed by atoms with Crippen LogP contribution in [-0.4, -0.2) is 15.4 Å². The van der Waals surface area contributed by atoms with Gasteiger partial charge in [0.1, 0.15) is 0 Å². The van der Waals surface area contributed by atoms with E-state index in [0.717, 1.165) is 31.4 Å². The van der Waals surface area contributed by atoms with Gasteiger partial charge in [0.2, 0.25) is 0 Å². The summed E-state index contributed by atoms with van der Waals surface area (Å²) >= 11 is 16.0. The summed E-state index contributed by atoms with van der Waals surface area (Å²) < 4.78 is -1.93. The summed E-state index contributed by atoms with van der Waals surface area (Å²) in [6.07, 6.45) is 4.06. The molecule has 1 fully saturated rings. The second kappa shape index (κ2) is 4.49. The van der Waals surface area contributed by atoms with Crippen LogP contribution in [0.25, 0.3) is 0 Å². The number of hydrazone groups is 1. The minimum atomic E-state index is -1.93. The molecule has 0 spiro atoms. The first-order chi connectivity index (χ1) is 6.00. The molecule has 0 saturated heterocycles. The largest absolute Gasteiger partial charge is 0.292 e. The highest BCUT2D eigenvalue weighted by atomic mass is 35.6. The maximum absolute atomic E-state index is 11.0. The van der Waals surface area contributed by atoms with Crippen LogP contribution in [0.15, 0.2) is 5.10 Å². The number of carbonyl (C=O) groups is 1. The Morgan fingerprint density at radius 2 is 1.85 bits per heavy atom. The molecule has 13 heavy (non-hydrogen) atoms. The summed E-state index contributed by atoms with van der Waals surface area (Å²) in [6.45, 7) is 0. The Labute approximate surface area is 91.4 Å². The zero-order valence-electron chi connectivity index (χ0n) is 6.82. The van der Waals surface area contributed by atoms with Crippen molar-refractivity contribution in [3.8, 4) is 0 Å². The fraction of sp³-hybridized carbons (Fsp3) is 0.714. The second-order valence-corrected chi connectivity index (χ2v) is 5.11. The summed E-state index contributed by atoms with van der Waals surface area (Å²) in [6, 6.07) is 0. The number of halogens is 3. The molecule has 0 aromatic carbocycles. The van der Waals surface area contributed by atoms with Gasteiger partial charge in [-0.1, -0.05) is 34.8 Å². The molecule has 0 bridgehead atoms. The molecule has 1 saturated carbocycles. The Bertz CT molecular complexity index is 226. The topological polar surface area (TPSA) is 41.5 Å². The van der Waals surface area contributed by atoms with Gasteiger partial charge < -0.3 is 0 Å². The normalized spacial score (nSPS) is 17.3. The fourth-order valence-corrected chi connectivity index (χ4v) is 1.21. The molecule has 1 amide bonds. The van der Waals surface area contributed by atoms with Crippen LogP contribution in [0, 0.1) is 0 Å². The molecule has 0 aromatic heterocycles. The van der Waals surface area contributed by atoms with Crippen LogP contribution >= 0.6 is 34.8 Å². The van der Waals surface area contributed by atoms with Crippen LogP contribution in [0.3, 0.4) is 0 Å². The lowest BCUT2D eigenvalue weighted by molar-refractivity contribution is -0.120. The van der Waals surface area contributed by atoms with Crippen molar-refractivity contribution in [2.24, 2.45) is 5.10 Å². The first-order valence-electron chi connectivity index (χ1n) is 3.93. The van der Waals surface area contributed by atoms with E-state index < -0.39 is 9.70 Å². The van der Waals surface area contributed by atoms with Gasteiger partial charge in [-0.3, -0.25) is 4.79 Å². The standard InChI is InChI=1S/C7H9Cl3N2O/c8-7(9,10)6(13)12-11-5-3-1-2-4-5/h1-4H2,(H,12,13). The van der Waals surface area contributed by atoms with Gasteiger partial charge >= 0.3 is 0 Å². The highest BCUT2D eigenvalue weighted by molar-refractivity contribution is 6.76. The molecule has 0 heterocycles. The molecule has 1 rings (SSSR count). The van der Waals surface area contributed by atoms with E-state index in [1.165, 1.54) is 0 Å². The number of rotatable bonds is 1. The molecule has 1 N–H and O–H groups in total. The van der Waals surface area contributed by atoms with Crippen molar-refractivity contribution in [1.82, 2.24) is 5.43 Å². The minimum Gasteiger partial charge on any atom is -0.268 e. The lowest BCUT2D eigenvalue weighted by Gasteiger charge is -2.07. The van der Waals surface area contributed by atoms with Gasteiger partial charge in [0.15, 0.2) is 0 Å². The number of carbonyl (C=O) groups excluding carboxylic acids is 1. The highest BCUT2D eigenvalue weighted by Gasteiger charge is 2.30. The van der Waals surface area contributed by atoms with Gasteiger partial charge in [0, 0.05) is 5.71 Å². The van der Waals surface area contributed by atoms with E-state index in [1.54, 1.807) is 0 Å². The molecule has 3 nitrogen and oxygen atoms in total. The van der Waals surface area contributed by atoms with Gasteiger partial charge in [-0.25, -0.2) is 5.43 Å². The maximum Gasteiger partial charge on any atom is 0.292 e. The van der Waals surface area contributed by atoms with Crippen LogP contribution in [0.5, 0.6) is 0 Å². The second-order valence-electron chi connectivity index (χ2n) is 2.82. The summed E-state index contributed by atoms with van der Waals surface area (Å²) in [4.78, 5) is 11.0. The predicted octanol–water partition coefficient (Wildman–Crippen LogP) is 2.40.